The van der Waals surface area contributed by atoms with Crippen LogP contribution in [-0.2, 0) is 4.79 Å². The van der Waals surface area contributed by atoms with Crippen LogP contribution in [0.1, 0.15) is 12.8 Å². The van der Waals surface area contributed by atoms with E-state index < -0.39 is 0 Å². The van der Waals surface area contributed by atoms with Crippen molar-refractivity contribution in [3.05, 3.63) is 46.6 Å². The van der Waals surface area contributed by atoms with E-state index in [4.69, 9.17) is 23.2 Å². The molecular formula is C17H17Cl2N3OS. The van der Waals surface area contributed by atoms with Crippen molar-refractivity contribution in [1.82, 2.24) is 4.98 Å². The van der Waals surface area contributed by atoms with Gasteiger partial charge in [0.15, 0.2) is 0 Å². The Labute approximate surface area is 155 Å². The van der Waals surface area contributed by atoms with Gasteiger partial charge in [0.25, 0.3) is 0 Å². The largest absolute Gasteiger partial charge is 0.357 e. The molecule has 1 N–H and O–H groups in total. The molecule has 126 valence electrons. The van der Waals surface area contributed by atoms with E-state index in [0.717, 1.165) is 23.8 Å². The summed E-state index contributed by atoms with van der Waals surface area (Å²) in [5.74, 6) is 1.12. The predicted molar refractivity (Wildman–Crippen MR) is 101 cm³/mol. The molecule has 7 heteroatoms. The number of hydrogen-bond donors (Lipinski definition) is 1. The lowest BCUT2D eigenvalue weighted by molar-refractivity contribution is -0.113. The van der Waals surface area contributed by atoms with Crippen LogP contribution in [0.2, 0.25) is 10.0 Å². The first-order chi connectivity index (χ1) is 11.6. The fourth-order valence-electron chi connectivity index (χ4n) is 2.52. The molecule has 4 nitrogen and oxygen atoms in total. The Kier molecular flexibility index (Phi) is 5.87. The summed E-state index contributed by atoms with van der Waals surface area (Å²) in [5.41, 5.74) is 0.695. The van der Waals surface area contributed by atoms with Gasteiger partial charge in [-0.3, -0.25) is 4.79 Å². The highest BCUT2D eigenvalue weighted by Gasteiger charge is 2.13. The van der Waals surface area contributed by atoms with E-state index in [1.54, 1.807) is 24.4 Å². The van der Waals surface area contributed by atoms with Crippen molar-refractivity contribution in [1.29, 1.82) is 0 Å². The third kappa shape index (κ3) is 4.56. The highest BCUT2D eigenvalue weighted by Crippen LogP contribution is 2.30. The van der Waals surface area contributed by atoms with Crippen molar-refractivity contribution >= 4 is 52.4 Å². The van der Waals surface area contributed by atoms with Crippen molar-refractivity contribution in [3.8, 4) is 0 Å². The van der Waals surface area contributed by atoms with Gasteiger partial charge in [0, 0.05) is 23.0 Å². The average molecular weight is 382 g/mol. The number of anilines is 2. The molecule has 2 aromatic rings. The van der Waals surface area contributed by atoms with Crippen LogP contribution < -0.4 is 10.2 Å². The first-order valence-electron chi connectivity index (χ1n) is 7.70. The highest BCUT2D eigenvalue weighted by atomic mass is 35.5. The maximum atomic E-state index is 12.1. The molecule has 0 bridgehead atoms. The van der Waals surface area contributed by atoms with Gasteiger partial charge in [-0.25, -0.2) is 4.98 Å². The van der Waals surface area contributed by atoms with Gasteiger partial charge in [-0.1, -0.05) is 23.2 Å². The summed E-state index contributed by atoms with van der Waals surface area (Å²) in [7, 11) is 0. The highest BCUT2D eigenvalue weighted by molar-refractivity contribution is 8.00. The molecule has 1 aliphatic rings. The molecule has 0 radical (unpaired) electrons. The molecule has 0 spiro atoms. The third-order valence-electron chi connectivity index (χ3n) is 3.71. The fraction of sp³-hybridized carbons (Fsp3) is 0.294. The minimum atomic E-state index is -0.105. The Morgan fingerprint density at radius 1 is 1.21 bits per heavy atom. The third-order valence-corrected chi connectivity index (χ3v) is 5.45. The van der Waals surface area contributed by atoms with E-state index in [1.807, 2.05) is 12.1 Å². The summed E-state index contributed by atoms with van der Waals surface area (Å²) < 4.78 is 0. The number of halogens is 2. The SMILES string of the molecule is O=C(CSc1cc(Cl)ccc1Cl)Nc1ccc(N2CCCC2)nc1. The lowest BCUT2D eigenvalue weighted by Crippen LogP contribution is -2.19. The summed E-state index contributed by atoms with van der Waals surface area (Å²) in [6, 6.07) is 9.04. The first-order valence-corrected chi connectivity index (χ1v) is 9.45. The molecule has 0 unspecified atom stereocenters. The van der Waals surface area contributed by atoms with Gasteiger partial charge in [0.05, 0.1) is 22.7 Å². The minimum Gasteiger partial charge on any atom is -0.357 e. The van der Waals surface area contributed by atoms with Crippen LogP contribution >= 0.6 is 35.0 Å². The maximum absolute atomic E-state index is 12.1. The number of nitrogens with zero attached hydrogens (tertiary/aromatic N) is 2. The lowest BCUT2D eigenvalue weighted by atomic mass is 10.4. The predicted octanol–water partition coefficient (Wildman–Crippen LogP) is 4.72. The van der Waals surface area contributed by atoms with Crippen molar-refractivity contribution in [3.63, 3.8) is 0 Å². The zero-order valence-corrected chi connectivity index (χ0v) is 15.3. The molecule has 3 rings (SSSR count). The summed E-state index contributed by atoms with van der Waals surface area (Å²) in [6.45, 7) is 2.10. The van der Waals surface area contributed by atoms with E-state index >= 15 is 0 Å². The van der Waals surface area contributed by atoms with Gasteiger partial charge < -0.3 is 10.2 Å². The van der Waals surface area contributed by atoms with Crippen LogP contribution in [0, 0.1) is 0 Å². The molecule has 1 aromatic heterocycles. The summed E-state index contributed by atoms with van der Waals surface area (Å²) >= 11 is 13.4. The smallest absolute Gasteiger partial charge is 0.234 e. The molecule has 1 saturated heterocycles. The summed E-state index contributed by atoms with van der Waals surface area (Å²) in [6.07, 6.45) is 4.12. The Bertz CT molecular complexity index is 718. The first kappa shape index (κ1) is 17.4. The minimum absolute atomic E-state index is 0.105. The number of aromatic nitrogens is 1. The maximum Gasteiger partial charge on any atom is 0.234 e. The number of benzene rings is 1. The van der Waals surface area contributed by atoms with E-state index in [0.29, 0.717) is 15.7 Å². The van der Waals surface area contributed by atoms with Gasteiger partial charge in [-0.05, 0) is 43.2 Å². The molecule has 2 heterocycles. The molecular weight excluding hydrogens is 365 g/mol. The van der Waals surface area contributed by atoms with Gasteiger partial charge >= 0.3 is 0 Å². The van der Waals surface area contributed by atoms with E-state index in [9.17, 15) is 4.79 Å². The molecule has 1 fully saturated rings. The number of thioether (sulfide) groups is 1. The molecule has 1 aromatic carbocycles. The quantitative estimate of drug-likeness (QED) is 0.761. The topological polar surface area (TPSA) is 45.2 Å². The van der Waals surface area contributed by atoms with Crippen molar-refractivity contribution < 1.29 is 4.79 Å². The van der Waals surface area contributed by atoms with Crippen molar-refractivity contribution in [2.24, 2.45) is 0 Å². The summed E-state index contributed by atoms with van der Waals surface area (Å²) in [4.78, 5) is 19.5. The molecule has 1 amide bonds. The fourth-order valence-corrected chi connectivity index (χ4v) is 3.81. The van der Waals surface area contributed by atoms with Crippen LogP contribution in [0.3, 0.4) is 0 Å². The second-order valence-electron chi connectivity index (χ2n) is 5.51. The van der Waals surface area contributed by atoms with Crippen molar-refractivity contribution in [2.75, 3.05) is 29.1 Å². The number of pyridine rings is 1. The van der Waals surface area contributed by atoms with Gasteiger partial charge in [0.1, 0.15) is 5.82 Å². The van der Waals surface area contributed by atoms with Crippen LogP contribution in [0.15, 0.2) is 41.4 Å². The standard InChI is InChI=1S/C17H17Cl2N3OS/c18-12-3-5-14(19)15(9-12)24-11-17(23)21-13-4-6-16(20-10-13)22-7-1-2-8-22/h3-6,9-10H,1-2,7-8,11H2,(H,21,23). The van der Waals surface area contributed by atoms with E-state index in [-0.39, 0.29) is 11.7 Å². The van der Waals surface area contributed by atoms with Gasteiger partial charge in [0.2, 0.25) is 5.91 Å². The lowest BCUT2D eigenvalue weighted by Gasteiger charge is -2.16. The Hall–Kier alpha value is -1.43. The number of nitrogens with one attached hydrogen (secondary N) is 1. The zero-order chi connectivity index (χ0) is 16.9. The molecule has 0 aliphatic carbocycles. The summed E-state index contributed by atoms with van der Waals surface area (Å²) in [5, 5.41) is 4.04. The molecule has 0 saturated carbocycles. The second-order valence-corrected chi connectivity index (χ2v) is 7.37. The van der Waals surface area contributed by atoms with Gasteiger partial charge in [-0.15, -0.1) is 11.8 Å². The van der Waals surface area contributed by atoms with Crippen LogP contribution in [-0.4, -0.2) is 29.7 Å². The number of carbonyl (C=O) groups excluding carboxylic acids is 1. The van der Waals surface area contributed by atoms with Crippen LogP contribution in [0.5, 0.6) is 0 Å². The Morgan fingerprint density at radius 2 is 2.00 bits per heavy atom. The molecule has 24 heavy (non-hydrogen) atoms. The zero-order valence-electron chi connectivity index (χ0n) is 13.0. The normalized spacial score (nSPS) is 14.0. The Morgan fingerprint density at radius 3 is 2.71 bits per heavy atom. The van der Waals surface area contributed by atoms with Gasteiger partial charge in [-0.2, -0.15) is 0 Å². The second kappa shape index (κ2) is 8.10. The number of amides is 1. The Balaban J connectivity index is 1.53. The average Bonchev–Trinajstić information content (AvgIpc) is 3.11. The molecule has 1 aliphatic heterocycles. The van der Waals surface area contributed by atoms with Crippen LogP contribution in [0.4, 0.5) is 11.5 Å². The number of carbonyl (C=O) groups is 1. The molecule has 0 atom stereocenters. The number of hydrogen-bond acceptors (Lipinski definition) is 4. The van der Waals surface area contributed by atoms with E-state index in [1.165, 1.54) is 24.6 Å². The van der Waals surface area contributed by atoms with Crippen molar-refractivity contribution in [2.45, 2.75) is 17.7 Å². The number of rotatable bonds is 5. The van der Waals surface area contributed by atoms with Crippen LogP contribution in [0.25, 0.3) is 0 Å². The monoisotopic (exact) mass is 381 g/mol. The van der Waals surface area contributed by atoms with E-state index in [2.05, 4.69) is 15.2 Å².